The summed E-state index contributed by atoms with van der Waals surface area (Å²) in [5, 5.41) is 7.01. The summed E-state index contributed by atoms with van der Waals surface area (Å²) in [6, 6.07) is 10.7. The van der Waals surface area contributed by atoms with Crippen molar-refractivity contribution in [2.24, 2.45) is 7.05 Å². The molecule has 1 amide bonds. The van der Waals surface area contributed by atoms with Crippen LogP contribution in [0.5, 0.6) is 11.5 Å². The van der Waals surface area contributed by atoms with Crippen LogP contribution in [0.2, 0.25) is 0 Å². The van der Waals surface area contributed by atoms with Gasteiger partial charge in [0, 0.05) is 30.9 Å². The number of nitrogens with one attached hydrogen (secondary N) is 1. The third kappa shape index (κ3) is 4.18. The summed E-state index contributed by atoms with van der Waals surface area (Å²) in [5.74, 6) is -0.0129. The lowest BCUT2D eigenvalue weighted by Crippen LogP contribution is -2.16. The first kappa shape index (κ1) is 18.9. The van der Waals surface area contributed by atoms with Gasteiger partial charge in [-0.25, -0.2) is 0 Å². The van der Waals surface area contributed by atoms with E-state index in [2.05, 4.69) is 15.2 Å². The molecule has 6 nitrogen and oxygen atoms in total. The van der Waals surface area contributed by atoms with Crippen molar-refractivity contribution in [1.29, 1.82) is 0 Å². The number of carbonyl (C=O) groups is 1. The summed E-state index contributed by atoms with van der Waals surface area (Å²) in [7, 11) is 1.80. The average molecular weight is 403 g/mol. The Morgan fingerprint density at radius 2 is 1.90 bits per heavy atom. The smallest absolute Gasteiger partial charge is 0.487 e. The maximum atomic E-state index is 12.4. The van der Waals surface area contributed by atoms with Gasteiger partial charge in [0.25, 0.3) is 5.91 Å². The molecule has 29 heavy (non-hydrogen) atoms. The van der Waals surface area contributed by atoms with Crippen LogP contribution in [0.25, 0.3) is 11.1 Å². The number of aryl methyl sites for hydroxylation is 1. The Bertz CT molecular complexity index is 1060. The molecule has 0 radical (unpaired) electrons. The number of aromatic nitrogens is 2. The monoisotopic (exact) mass is 403 g/mol. The van der Waals surface area contributed by atoms with Crippen LogP contribution in [-0.4, -0.2) is 22.1 Å². The molecule has 2 heterocycles. The zero-order chi connectivity index (χ0) is 20.6. The van der Waals surface area contributed by atoms with Gasteiger partial charge in [0.15, 0.2) is 0 Å². The fourth-order valence-electron chi connectivity index (χ4n) is 3.12. The minimum absolute atomic E-state index is 0.199. The van der Waals surface area contributed by atoms with Crippen LogP contribution in [0.4, 0.5) is 13.2 Å². The SMILES string of the molecule is Cn1ccc(COc2cc3c(cc2-c2ccc(OC(F)(F)F)cc2)C(=O)NC3)n1. The van der Waals surface area contributed by atoms with E-state index >= 15 is 0 Å². The summed E-state index contributed by atoms with van der Waals surface area (Å²) in [4.78, 5) is 12.0. The van der Waals surface area contributed by atoms with E-state index in [-0.39, 0.29) is 18.3 Å². The molecular weight excluding hydrogens is 387 g/mol. The topological polar surface area (TPSA) is 65.4 Å². The first-order valence-corrected chi connectivity index (χ1v) is 8.71. The van der Waals surface area contributed by atoms with Crippen molar-refractivity contribution < 1.29 is 27.4 Å². The molecule has 1 aromatic heterocycles. The lowest BCUT2D eigenvalue weighted by Gasteiger charge is -2.14. The van der Waals surface area contributed by atoms with Crippen LogP contribution in [0, 0.1) is 0 Å². The van der Waals surface area contributed by atoms with Crippen molar-refractivity contribution >= 4 is 5.91 Å². The number of nitrogens with zero attached hydrogens (tertiary/aromatic N) is 2. The van der Waals surface area contributed by atoms with E-state index in [1.54, 1.807) is 30.1 Å². The zero-order valence-corrected chi connectivity index (χ0v) is 15.3. The number of alkyl halides is 3. The van der Waals surface area contributed by atoms with Gasteiger partial charge in [0.05, 0.1) is 5.69 Å². The van der Waals surface area contributed by atoms with Gasteiger partial charge in [-0.15, -0.1) is 13.2 Å². The quantitative estimate of drug-likeness (QED) is 0.704. The number of amides is 1. The zero-order valence-electron chi connectivity index (χ0n) is 15.3. The van der Waals surface area contributed by atoms with Crippen LogP contribution in [0.15, 0.2) is 48.7 Å². The molecule has 0 unspecified atom stereocenters. The minimum Gasteiger partial charge on any atom is -0.487 e. The normalized spacial score (nSPS) is 13.2. The molecule has 9 heteroatoms. The molecule has 0 atom stereocenters. The number of rotatable bonds is 5. The fourth-order valence-corrected chi connectivity index (χ4v) is 3.12. The average Bonchev–Trinajstić information content (AvgIpc) is 3.24. The van der Waals surface area contributed by atoms with E-state index in [0.717, 1.165) is 11.3 Å². The van der Waals surface area contributed by atoms with Gasteiger partial charge in [-0.05, 0) is 41.5 Å². The maximum absolute atomic E-state index is 12.4. The third-order valence-corrected chi connectivity index (χ3v) is 4.43. The van der Waals surface area contributed by atoms with Crippen LogP contribution in [-0.2, 0) is 20.2 Å². The molecule has 0 saturated heterocycles. The van der Waals surface area contributed by atoms with Gasteiger partial charge < -0.3 is 14.8 Å². The molecular formula is C20H16F3N3O3. The lowest BCUT2D eigenvalue weighted by molar-refractivity contribution is -0.274. The van der Waals surface area contributed by atoms with E-state index in [1.165, 1.54) is 24.3 Å². The molecule has 0 fully saturated rings. The molecule has 150 valence electrons. The van der Waals surface area contributed by atoms with Crippen LogP contribution in [0.1, 0.15) is 21.6 Å². The fraction of sp³-hybridized carbons (Fsp3) is 0.200. The predicted octanol–water partition coefficient (Wildman–Crippen LogP) is 3.81. The van der Waals surface area contributed by atoms with E-state index < -0.39 is 6.36 Å². The lowest BCUT2D eigenvalue weighted by atomic mass is 9.99. The van der Waals surface area contributed by atoms with Crippen molar-refractivity contribution in [3.05, 3.63) is 65.5 Å². The van der Waals surface area contributed by atoms with Gasteiger partial charge in [-0.2, -0.15) is 5.10 Å². The number of fused-ring (bicyclic) bond motifs is 1. The molecule has 1 aliphatic heterocycles. The molecule has 2 aromatic carbocycles. The Balaban J connectivity index is 1.67. The predicted molar refractivity (Wildman–Crippen MR) is 97.3 cm³/mol. The van der Waals surface area contributed by atoms with Crippen molar-refractivity contribution in [3.63, 3.8) is 0 Å². The van der Waals surface area contributed by atoms with Crippen molar-refractivity contribution in [3.8, 4) is 22.6 Å². The number of benzene rings is 2. The second kappa shape index (κ2) is 7.16. The Morgan fingerprint density at radius 3 is 2.55 bits per heavy atom. The van der Waals surface area contributed by atoms with E-state index in [4.69, 9.17) is 4.74 Å². The third-order valence-electron chi connectivity index (χ3n) is 4.43. The highest BCUT2D eigenvalue weighted by atomic mass is 19.4. The Morgan fingerprint density at radius 1 is 1.14 bits per heavy atom. The van der Waals surface area contributed by atoms with Gasteiger partial charge in [-0.3, -0.25) is 9.48 Å². The van der Waals surface area contributed by atoms with Crippen molar-refractivity contribution in [1.82, 2.24) is 15.1 Å². The molecule has 3 aromatic rings. The standard InChI is InChI=1S/C20H16F3N3O3/c1-26-7-6-14(25-26)11-28-18-8-13-10-24-19(27)17(13)9-16(18)12-2-4-15(5-3-12)29-20(21,22)23/h2-9H,10-11H2,1H3,(H,24,27). The summed E-state index contributed by atoms with van der Waals surface area (Å²) in [6.45, 7) is 0.607. The molecule has 1 aliphatic rings. The summed E-state index contributed by atoms with van der Waals surface area (Å²) < 4.78 is 48.7. The van der Waals surface area contributed by atoms with Crippen molar-refractivity contribution in [2.75, 3.05) is 0 Å². The summed E-state index contributed by atoms with van der Waals surface area (Å²) in [6.07, 6.45) is -2.96. The number of hydrogen-bond donors (Lipinski definition) is 1. The van der Waals surface area contributed by atoms with E-state index in [1.807, 2.05) is 6.07 Å². The Hall–Kier alpha value is -3.49. The van der Waals surface area contributed by atoms with Crippen LogP contribution >= 0.6 is 0 Å². The van der Waals surface area contributed by atoms with E-state index in [0.29, 0.717) is 29.0 Å². The summed E-state index contributed by atoms with van der Waals surface area (Å²) >= 11 is 0. The van der Waals surface area contributed by atoms with Crippen LogP contribution < -0.4 is 14.8 Å². The second-order valence-corrected chi connectivity index (χ2v) is 6.53. The molecule has 0 spiro atoms. The van der Waals surface area contributed by atoms with E-state index in [9.17, 15) is 18.0 Å². The second-order valence-electron chi connectivity index (χ2n) is 6.53. The van der Waals surface area contributed by atoms with Gasteiger partial charge in [0.2, 0.25) is 0 Å². The molecule has 0 bridgehead atoms. The largest absolute Gasteiger partial charge is 0.573 e. The van der Waals surface area contributed by atoms with Crippen LogP contribution in [0.3, 0.4) is 0 Å². The highest BCUT2D eigenvalue weighted by molar-refractivity contribution is 6.00. The number of hydrogen-bond acceptors (Lipinski definition) is 4. The van der Waals surface area contributed by atoms with Gasteiger partial charge in [-0.1, -0.05) is 12.1 Å². The molecule has 0 saturated carbocycles. The first-order valence-electron chi connectivity index (χ1n) is 8.71. The number of ether oxygens (including phenoxy) is 2. The highest BCUT2D eigenvalue weighted by Crippen LogP contribution is 2.36. The number of carbonyl (C=O) groups excluding carboxylic acids is 1. The first-order chi connectivity index (χ1) is 13.8. The van der Waals surface area contributed by atoms with Crippen molar-refractivity contribution in [2.45, 2.75) is 19.5 Å². The number of halogens is 3. The Labute approximate surface area is 163 Å². The molecule has 0 aliphatic carbocycles. The summed E-state index contributed by atoms with van der Waals surface area (Å²) in [5.41, 5.74) is 3.23. The van der Waals surface area contributed by atoms with Gasteiger partial charge >= 0.3 is 6.36 Å². The maximum Gasteiger partial charge on any atom is 0.573 e. The Kier molecular flexibility index (Phi) is 4.65. The minimum atomic E-state index is -4.76. The highest BCUT2D eigenvalue weighted by Gasteiger charge is 2.31. The molecule has 4 rings (SSSR count). The van der Waals surface area contributed by atoms with Gasteiger partial charge in [0.1, 0.15) is 18.1 Å². The molecule has 1 N–H and O–H groups in total.